The third kappa shape index (κ3) is 5.60. The smallest absolute Gasteiger partial charge is 0.493 e. The Morgan fingerprint density at radius 2 is 1.91 bits per heavy atom. The second-order valence-corrected chi connectivity index (χ2v) is 10.1. The van der Waals surface area contributed by atoms with Gasteiger partial charge in [0, 0.05) is 12.5 Å². The van der Waals surface area contributed by atoms with Crippen LogP contribution in [0.2, 0.25) is 0 Å². The fourth-order valence-electron chi connectivity index (χ4n) is 3.12. The van der Waals surface area contributed by atoms with Gasteiger partial charge in [0.1, 0.15) is 16.4 Å². The molecule has 32 heavy (non-hydrogen) atoms. The molecular weight excluding hydrogens is 463 g/mol. The molecule has 0 radical (unpaired) electrons. The summed E-state index contributed by atoms with van der Waals surface area (Å²) in [5.41, 5.74) is 0.785. The van der Waals surface area contributed by atoms with Crippen molar-refractivity contribution in [3.05, 3.63) is 41.5 Å². The molecule has 0 amide bonds. The van der Waals surface area contributed by atoms with Crippen LogP contribution in [0.3, 0.4) is 0 Å². The first-order valence-corrected chi connectivity index (χ1v) is 12.8. The zero-order valence-corrected chi connectivity index (χ0v) is 19.1. The van der Waals surface area contributed by atoms with Crippen LogP contribution < -0.4 is 18.7 Å². The summed E-state index contributed by atoms with van der Waals surface area (Å²) in [4.78, 5) is 31.1. The molecule has 3 rings (SSSR count). The molecule has 0 spiro atoms. The Morgan fingerprint density at radius 3 is 2.56 bits per heavy atom. The van der Waals surface area contributed by atoms with E-state index in [2.05, 4.69) is 4.52 Å². The highest BCUT2D eigenvalue weighted by molar-refractivity contribution is 7.91. The highest BCUT2D eigenvalue weighted by Crippen LogP contribution is 2.42. The molecule has 0 unspecified atom stereocenters. The molecule has 2 aromatic rings. The molecule has 0 aromatic heterocycles. The average Bonchev–Trinajstić information content (AvgIpc) is 3.02. The van der Waals surface area contributed by atoms with Crippen LogP contribution in [-0.2, 0) is 20.8 Å². The predicted molar refractivity (Wildman–Crippen MR) is 113 cm³/mol. The number of rotatable bonds is 10. The van der Waals surface area contributed by atoms with E-state index in [0.29, 0.717) is 18.6 Å². The third-order valence-electron chi connectivity index (χ3n) is 4.60. The SMILES string of the molecule is CCCOc1cc2c(cc1C(=O)CCc1ccc(OC)c(OP(=O)(O)O)c1)OCS2(=O)=O. The number of phosphoric acid groups is 1. The number of benzene rings is 2. The predicted octanol–water partition coefficient (Wildman–Crippen LogP) is 2.89. The van der Waals surface area contributed by atoms with Gasteiger partial charge in [-0.05, 0) is 36.6 Å². The minimum absolute atomic E-state index is 0.00506. The Kier molecular flexibility index (Phi) is 7.14. The van der Waals surface area contributed by atoms with Crippen LogP contribution in [0.4, 0.5) is 0 Å². The van der Waals surface area contributed by atoms with Crippen molar-refractivity contribution in [1.82, 2.24) is 0 Å². The van der Waals surface area contributed by atoms with Crippen LogP contribution >= 0.6 is 7.82 Å². The Morgan fingerprint density at radius 1 is 1.16 bits per heavy atom. The molecule has 2 N–H and O–H groups in total. The van der Waals surface area contributed by atoms with Gasteiger partial charge in [-0.2, -0.15) is 0 Å². The van der Waals surface area contributed by atoms with Crippen LogP contribution in [0, 0.1) is 0 Å². The molecule has 0 saturated carbocycles. The largest absolute Gasteiger partial charge is 0.524 e. The van der Waals surface area contributed by atoms with Crippen molar-refractivity contribution < 1.29 is 46.3 Å². The van der Waals surface area contributed by atoms with Crippen molar-refractivity contribution in [3.8, 4) is 23.0 Å². The Labute approximate surface area is 185 Å². The zero-order valence-electron chi connectivity index (χ0n) is 17.4. The highest BCUT2D eigenvalue weighted by atomic mass is 32.2. The third-order valence-corrected chi connectivity index (χ3v) is 6.45. The van der Waals surface area contributed by atoms with Gasteiger partial charge >= 0.3 is 7.82 Å². The van der Waals surface area contributed by atoms with Crippen LogP contribution in [0.5, 0.6) is 23.0 Å². The molecule has 1 aliphatic rings. The van der Waals surface area contributed by atoms with Gasteiger partial charge in [0.05, 0.1) is 19.3 Å². The topological polar surface area (TPSA) is 146 Å². The van der Waals surface area contributed by atoms with E-state index >= 15 is 0 Å². The molecule has 174 valence electrons. The molecule has 1 heterocycles. The quantitative estimate of drug-likeness (QED) is 0.380. The van der Waals surface area contributed by atoms with E-state index in [0.717, 1.165) is 0 Å². The lowest BCUT2D eigenvalue weighted by Crippen LogP contribution is -2.07. The van der Waals surface area contributed by atoms with Gasteiger partial charge in [-0.3, -0.25) is 14.6 Å². The summed E-state index contributed by atoms with van der Waals surface area (Å²) in [5.74, 6) is -0.519. The summed E-state index contributed by atoms with van der Waals surface area (Å²) in [5, 5.41) is 0. The number of ketones is 1. The van der Waals surface area contributed by atoms with E-state index in [1.54, 1.807) is 6.07 Å². The number of phosphoric ester groups is 1. The van der Waals surface area contributed by atoms with Crippen LogP contribution in [0.1, 0.15) is 35.7 Å². The number of hydrogen-bond donors (Lipinski definition) is 2. The van der Waals surface area contributed by atoms with E-state index in [4.69, 9.17) is 24.0 Å². The normalized spacial score (nSPS) is 14.4. The van der Waals surface area contributed by atoms with Gasteiger partial charge in [0.25, 0.3) is 0 Å². The van der Waals surface area contributed by atoms with Crippen LogP contribution in [-0.4, -0.2) is 43.6 Å². The van der Waals surface area contributed by atoms with Crippen molar-refractivity contribution in [2.75, 3.05) is 19.7 Å². The van der Waals surface area contributed by atoms with E-state index < -0.39 is 23.6 Å². The Balaban J connectivity index is 1.83. The van der Waals surface area contributed by atoms with Crippen molar-refractivity contribution >= 4 is 23.4 Å². The number of ether oxygens (including phenoxy) is 3. The average molecular weight is 486 g/mol. The molecular formula is C20H23O10PS. The molecule has 0 atom stereocenters. The first kappa shape index (κ1) is 24.1. The molecule has 2 aromatic carbocycles. The maximum absolute atomic E-state index is 12.9. The van der Waals surface area contributed by atoms with Gasteiger partial charge in [-0.25, -0.2) is 13.0 Å². The number of methoxy groups -OCH3 is 1. The van der Waals surface area contributed by atoms with Crippen LogP contribution in [0.15, 0.2) is 35.2 Å². The van der Waals surface area contributed by atoms with E-state index in [1.165, 1.54) is 31.4 Å². The maximum atomic E-state index is 12.9. The molecule has 0 saturated heterocycles. The fraction of sp³-hybridized carbons (Fsp3) is 0.350. The maximum Gasteiger partial charge on any atom is 0.524 e. The van der Waals surface area contributed by atoms with E-state index in [-0.39, 0.29) is 52.1 Å². The molecule has 10 nitrogen and oxygen atoms in total. The van der Waals surface area contributed by atoms with Crippen molar-refractivity contribution in [3.63, 3.8) is 0 Å². The van der Waals surface area contributed by atoms with Gasteiger partial charge in [0.15, 0.2) is 23.2 Å². The monoisotopic (exact) mass is 486 g/mol. The molecule has 1 aliphatic heterocycles. The summed E-state index contributed by atoms with van der Waals surface area (Å²) in [7, 11) is -7.04. The number of carbonyl (C=O) groups is 1. The van der Waals surface area contributed by atoms with E-state index in [9.17, 15) is 17.8 Å². The minimum Gasteiger partial charge on any atom is -0.493 e. The van der Waals surface area contributed by atoms with Gasteiger partial charge in [-0.1, -0.05) is 13.0 Å². The first-order chi connectivity index (χ1) is 15.0. The summed E-state index contributed by atoms with van der Waals surface area (Å²) in [6, 6.07) is 7.21. The standard InChI is InChI=1S/C20H23O10PS/c1-3-8-28-17-11-20-19(29-12-32(20,25)26)10-14(17)15(21)6-4-13-5-7-16(27-2)18(9-13)30-31(22,23)24/h5,7,9-11H,3-4,6,8,12H2,1-2H3,(H2,22,23,24). The number of sulfone groups is 1. The first-order valence-electron chi connectivity index (χ1n) is 9.65. The molecule has 0 aliphatic carbocycles. The zero-order chi connectivity index (χ0) is 23.5. The number of aryl methyl sites for hydroxylation is 1. The van der Waals surface area contributed by atoms with Crippen molar-refractivity contribution in [2.45, 2.75) is 31.1 Å². The molecule has 0 bridgehead atoms. The second kappa shape index (κ2) is 9.50. The lowest BCUT2D eigenvalue weighted by Gasteiger charge is -2.13. The van der Waals surface area contributed by atoms with Crippen LogP contribution in [0.25, 0.3) is 0 Å². The number of fused-ring (bicyclic) bond motifs is 1. The summed E-state index contributed by atoms with van der Waals surface area (Å²) >= 11 is 0. The van der Waals surface area contributed by atoms with Gasteiger partial charge in [-0.15, -0.1) is 0 Å². The summed E-state index contributed by atoms with van der Waals surface area (Å²) in [6.45, 7) is 2.19. The Hall–Kier alpha value is -2.59. The summed E-state index contributed by atoms with van der Waals surface area (Å²) < 4.78 is 55.9. The minimum atomic E-state index is -4.80. The number of carbonyl (C=O) groups excluding carboxylic acids is 1. The number of Topliss-reactive ketones (excluding diaryl/α,β-unsaturated/α-hetero) is 1. The molecule has 0 fully saturated rings. The lowest BCUT2D eigenvalue weighted by molar-refractivity contribution is 0.0978. The van der Waals surface area contributed by atoms with Crippen molar-refractivity contribution in [1.29, 1.82) is 0 Å². The van der Waals surface area contributed by atoms with E-state index in [1.807, 2.05) is 6.92 Å². The lowest BCUT2D eigenvalue weighted by atomic mass is 10.0. The molecule has 12 heteroatoms. The number of hydrogen-bond acceptors (Lipinski definition) is 8. The Bertz CT molecular complexity index is 1170. The van der Waals surface area contributed by atoms with Gasteiger partial charge < -0.3 is 18.7 Å². The van der Waals surface area contributed by atoms with Gasteiger partial charge in [0.2, 0.25) is 9.84 Å². The summed E-state index contributed by atoms with van der Waals surface area (Å²) in [6.07, 6.45) is 0.918. The highest BCUT2D eigenvalue weighted by Gasteiger charge is 2.31. The van der Waals surface area contributed by atoms with Crippen molar-refractivity contribution in [2.24, 2.45) is 0 Å². The fourth-order valence-corrected chi connectivity index (χ4v) is 4.64. The second-order valence-electron chi connectivity index (χ2n) is 7.01.